The summed E-state index contributed by atoms with van der Waals surface area (Å²) in [5, 5.41) is 4.83. The van der Waals surface area contributed by atoms with Crippen molar-refractivity contribution in [3.63, 3.8) is 0 Å². The standard InChI is InChI=1S/C11H19ClN4O/c1-3-16-11(8(12)6-14-16)10(13)9-7-15(2)4-5-17-9/h6,9-10H,3-5,7,13H2,1-2H3. The molecule has 1 saturated heterocycles. The first-order chi connectivity index (χ1) is 8.13. The van der Waals surface area contributed by atoms with Gasteiger partial charge in [0.1, 0.15) is 0 Å². The molecule has 0 bridgehead atoms. The molecule has 0 amide bonds. The van der Waals surface area contributed by atoms with Gasteiger partial charge >= 0.3 is 0 Å². The fourth-order valence-electron chi connectivity index (χ4n) is 2.16. The largest absolute Gasteiger partial charge is 0.374 e. The summed E-state index contributed by atoms with van der Waals surface area (Å²) < 4.78 is 7.56. The van der Waals surface area contributed by atoms with Crippen LogP contribution in [0.15, 0.2) is 6.20 Å². The molecule has 17 heavy (non-hydrogen) atoms. The van der Waals surface area contributed by atoms with Crippen LogP contribution in [0.5, 0.6) is 0 Å². The van der Waals surface area contributed by atoms with Gasteiger partial charge in [0.2, 0.25) is 0 Å². The van der Waals surface area contributed by atoms with Gasteiger partial charge in [0.25, 0.3) is 0 Å². The summed E-state index contributed by atoms with van der Waals surface area (Å²) in [5.41, 5.74) is 7.13. The summed E-state index contributed by atoms with van der Waals surface area (Å²) in [7, 11) is 2.07. The second kappa shape index (κ2) is 5.35. The van der Waals surface area contributed by atoms with Gasteiger partial charge in [0.15, 0.2) is 0 Å². The molecule has 0 radical (unpaired) electrons. The number of halogens is 1. The molecule has 2 N–H and O–H groups in total. The topological polar surface area (TPSA) is 56.3 Å². The predicted octanol–water partition coefficient (Wildman–Crippen LogP) is 0.887. The van der Waals surface area contributed by atoms with Gasteiger partial charge in [0, 0.05) is 19.6 Å². The maximum absolute atomic E-state index is 6.26. The Balaban J connectivity index is 2.17. The van der Waals surface area contributed by atoms with Crippen molar-refractivity contribution in [2.75, 3.05) is 26.7 Å². The van der Waals surface area contributed by atoms with Gasteiger partial charge in [-0.15, -0.1) is 0 Å². The lowest BCUT2D eigenvalue weighted by atomic mass is 10.1. The lowest BCUT2D eigenvalue weighted by Crippen LogP contribution is -2.45. The minimum Gasteiger partial charge on any atom is -0.374 e. The van der Waals surface area contributed by atoms with Crippen molar-refractivity contribution in [1.82, 2.24) is 14.7 Å². The van der Waals surface area contributed by atoms with E-state index < -0.39 is 0 Å². The van der Waals surface area contributed by atoms with E-state index in [1.165, 1.54) is 0 Å². The lowest BCUT2D eigenvalue weighted by Gasteiger charge is -2.33. The van der Waals surface area contributed by atoms with Crippen LogP contribution in [0, 0.1) is 0 Å². The second-order valence-electron chi connectivity index (χ2n) is 4.39. The van der Waals surface area contributed by atoms with E-state index >= 15 is 0 Å². The molecule has 0 saturated carbocycles. The number of ether oxygens (including phenoxy) is 1. The van der Waals surface area contributed by atoms with E-state index in [-0.39, 0.29) is 12.1 Å². The van der Waals surface area contributed by atoms with Crippen molar-refractivity contribution in [2.45, 2.75) is 25.6 Å². The van der Waals surface area contributed by atoms with Gasteiger partial charge in [-0.25, -0.2) is 0 Å². The Morgan fingerprint density at radius 1 is 1.71 bits per heavy atom. The van der Waals surface area contributed by atoms with E-state index in [1.807, 2.05) is 11.6 Å². The van der Waals surface area contributed by atoms with E-state index in [2.05, 4.69) is 17.0 Å². The second-order valence-corrected chi connectivity index (χ2v) is 4.80. The Kier molecular flexibility index (Phi) is 4.04. The molecule has 0 spiro atoms. The van der Waals surface area contributed by atoms with Gasteiger partial charge in [-0.3, -0.25) is 4.68 Å². The Bertz CT molecular complexity index is 382. The summed E-state index contributed by atoms with van der Waals surface area (Å²) in [6.07, 6.45) is 1.63. The first kappa shape index (κ1) is 12.8. The number of rotatable bonds is 3. The minimum absolute atomic E-state index is 0.0201. The molecule has 0 aliphatic carbocycles. The van der Waals surface area contributed by atoms with Crippen LogP contribution in [0.4, 0.5) is 0 Å². The highest BCUT2D eigenvalue weighted by atomic mass is 35.5. The first-order valence-corrected chi connectivity index (χ1v) is 6.28. The van der Waals surface area contributed by atoms with Gasteiger partial charge in [-0.2, -0.15) is 5.10 Å². The molecule has 1 aromatic heterocycles. The highest BCUT2D eigenvalue weighted by Crippen LogP contribution is 2.26. The molecular weight excluding hydrogens is 240 g/mol. The zero-order valence-electron chi connectivity index (χ0n) is 10.3. The molecule has 6 heteroatoms. The smallest absolute Gasteiger partial charge is 0.0910 e. The van der Waals surface area contributed by atoms with Gasteiger partial charge in [-0.05, 0) is 14.0 Å². The molecule has 2 heterocycles. The maximum Gasteiger partial charge on any atom is 0.0910 e. The van der Waals surface area contributed by atoms with E-state index in [0.29, 0.717) is 11.6 Å². The van der Waals surface area contributed by atoms with E-state index in [0.717, 1.165) is 25.3 Å². The zero-order chi connectivity index (χ0) is 12.4. The van der Waals surface area contributed by atoms with Crippen LogP contribution in [0.2, 0.25) is 5.02 Å². The first-order valence-electron chi connectivity index (χ1n) is 5.90. The van der Waals surface area contributed by atoms with Gasteiger partial charge < -0.3 is 15.4 Å². The number of aryl methyl sites for hydroxylation is 1. The normalized spacial score (nSPS) is 23.9. The van der Waals surface area contributed by atoms with Crippen molar-refractivity contribution in [3.05, 3.63) is 16.9 Å². The van der Waals surface area contributed by atoms with E-state index in [1.54, 1.807) is 6.20 Å². The Morgan fingerprint density at radius 2 is 2.47 bits per heavy atom. The maximum atomic E-state index is 6.26. The summed E-state index contributed by atoms with van der Waals surface area (Å²) in [6.45, 7) is 5.27. The highest BCUT2D eigenvalue weighted by molar-refractivity contribution is 6.31. The van der Waals surface area contributed by atoms with Crippen LogP contribution in [0.25, 0.3) is 0 Å². The number of hydrogen-bond acceptors (Lipinski definition) is 4. The average molecular weight is 259 g/mol. The summed E-state index contributed by atoms with van der Waals surface area (Å²) >= 11 is 6.14. The van der Waals surface area contributed by atoms with E-state index in [9.17, 15) is 0 Å². The Labute approximate surface area is 106 Å². The number of hydrogen-bond donors (Lipinski definition) is 1. The molecule has 0 aromatic carbocycles. The number of likely N-dealkylation sites (N-methyl/N-ethyl adjacent to an activating group) is 1. The Hall–Kier alpha value is -0.620. The van der Waals surface area contributed by atoms with Crippen molar-refractivity contribution < 1.29 is 4.74 Å². The van der Waals surface area contributed by atoms with Crippen LogP contribution in [-0.4, -0.2) is 47.5 Å². The summed E-state index contributed by atoms with van der Waals surface area (Å²) in [5.74, 6) is 0. The van der Waals surface area contributed by atoms with Crippen molar-refractivity contribution in [2.24, 2.45) is 5.73 Å². The third kappa shape index (κ3) is 2.63. The zero-order valence-corrected chi connectivity index (χ0v) is 11.0. The fourth-order valence-corrected chi connectivity index (χ4v) is 2.43. The molecular formula is C11H19ClN4O. The molecule has 2 atom stereocenters. The van der Waals surface area contributed by atoms with E-state index in [4.69, 9.17) is 22.1 Å². The van der Waals surface area contributed by atoms with Crippen molar-refractivity contribution >= 4 is 11.6 Å². The average Bonchev–Trinajstić information content (AvgIpc) is 2.69. The van der Waals surface area contributed by atoms with Crippen LogP contribution < -0.4 is 5.73 Å². The monoisotopic (exact) mass is 258 g/mol. The highest BCUT2D eigenvalue weighted by Gasteiger charge is 2.29. The third-order valence-electron chi connectivity index (χ3n) is 3.15. The van der Waals surface area contributed by atoms with Crippen molar-refractivity contribution in [1.29, 1.82) is 0 Å². The molecule has 1 fully saturated rings. The summed E-state index contributed by atoms with van der Waals surface area (Å²) in [6, 6.07) is -0.229. The molecule has 2 unspecified atom stereocenters. The minimum atomic E-state index is -0.229. The van der Waals surface area contributed by atoms with Crippen LogP contribution in [-0.2, 0) is 11.3 Å². The van der Waals surface area contributed by atoms with Gasteiger partial charge in [-0.1, -0.05) is 11.6 Å². The van der Waals surface area contributed by atoms with Crippen LogP contribution in [0.3, 0.4) is 0 Å². The quantitative estimate of drug-likeness (QED) is 0.875. The number of nitrogens with zero attached hydrogens (tertiary/aromatic N) is 3. The van der Waals surface area contributed by atoms with Crippen LogP contribution in [0.1, 0.15) is 18.7 Å². The summed E-state index contributed by atoms with van der Waals surface area (Å²) in [4.78, 5) is 2.22. The number of nitrogens with two attached hydrogens (primary N) is 1. The molecule has 5 nitrogen and oxygen atoms in total. The lowest BCUT2D eigenvalue weighted by molar-refractivity contribution is -0.0338. The number of morpholine rings is 1. The molecule has 1 aromatic rings. The predicted molar refractivity (Wildman–Crippen MR) is 67.1 cm³/mol. The molecule has 2 rings (SSSR count). The molecule has 1 aliphatic heterocycles. The van der Waals surface area contributed by atoms with Crippen LogP contribution >= 0.6 is 11.6 Å². The third-order valence-corrected chi connectivity index (χ3v) is 3.44. The fraction of sp³-hybridized carbons (Fsp3) is 0.727. The van der Waals surface area contributed by atoms with Crippen molar-refractivity contribution in [3.8, 4) is 0 Å². The van der Waals surface area contributed by atoms with Gasteiger partial charge in [0.05, 0.1) is 35.7 Å². The number of aromatic nitrogens is 2. The Morgan fingerprint density at radius 3 is 3.12 bits per heavy atom. The molecule has 96 valence electrons. The molecule has 1 aliphatic rings. The SMILES string of the molecule is CCn1ncc(Cl)c1C(N)C1CN(C)CCO1.